The molecule has 0 spiro atoms. The van der Waals surface area contributed by atoms with Crippen LogP contribution in [0, 0.1) is 12.8 Å². The number of alkyl halides is 1. The number of aldehydes is 1. The van der Waals surface area contributed by atoms with Crippen LogP contribution >= 0.6 is 0 Å². The van der Waals surface area contributed by atoms with E-state index in [0.29, 0.717) is 41.6 Å². The molecule has 1 aromatic carbocycles. The Hall–Kier alpha value is -2.89. The minimum absolute atomic E-state index is 0.191. The molecule has 0 saturated heterocycles. The third-order valence-corrected chi connectivity index (χ3v) is 4.45. The molecule has 6 heteroatoms. The number of benzene rings is 1. The minimum atomic E-state index is -0.911. The second kappa shape index (κ2) is 9.88. The summed E-state index contributed by atoms with van der Waals surface area (Å²) >= 11 is 0. The van der Waals surface area contributed by atoms with Gasteiger partial charge >= 0.3 is 5.97 Å². The number of esters is 1. The van der Waals surface area contributed by atoms with E-state index in [1.807, 2.05) is 0 Å². The molecule has 1 N–H and O–H groups in total. The number of carbonyl (C=O) groups is 2. The first kappa shape index (κ1) is 21.4. The zero-order valence-electron chi connectivity index (χ0n) is 16.3. The van der Waals surface area contributed by atoms with Gasteiger partial charge in [-0.3, -0.25) is 4.79 Å². The predicted molar refractivity (Wildman–Crippen MR) is 105 cm³/mol. The van der Waals surface area contributed by atoms with E-state index in [4.69, 9.17) is 9.47 Å². The van der Waals surface area contributed by atoms with Crippen molar-refractivity contribution in [2.75, 3.05) is 6.61 Å². The highest BCUT2D eigenvalue weighted by molar-refractivity contribution is 5.91. The predicted octanol–water partition coefficient (Wildman–Crippen LogP) is 4.86. The van der Waals surface area contributed by atoms with E-state index in [1.165, 1.54) is 12.1 Å². The van der Waals surface area contributed by atoms with Gasteiger partial charge in [0.25, 0.3) is 0 Å². The average molecular weight is 388 g/mol. The maximum absolute atomic E-state index is 13.8. The second-order valence-corrected chi connectivity index (χ2v) is 6.50. The lowest BCUT2D eigenvalue weighted by molar-refractivity contribution is -0.106. The Morgan fingerprint density at radius 3 is 2.71 bits per heavy atom. The summed E-state index contributed by atoms with van der Waals surface area (Å²) in [5.41, 5.74) is 1.39. The molecular weight excluding hydrogens is 363 g/mol. The molecule has 0 amide bonds. The van der Waals surface area contributed by atoms with Crippen LogP contribution in [0.5, 0.6) is 5.75 Å². The molecule has 2 rings (SSSR count). The average Bonchev–Trinajstić information content (AvgIpc) is 2.70. The molecule has 0 fully saturated rings. The van der Waals surface area contributed by atoms with E-state index >= 15 is 0 Å². The summed E-state index contributed by atoms with van der Waals surface area (Å²) in [7, 11) is 0. The Kier molecular flexibility index (Phi) is 7.55. The molecule has 2 unspecified atom stereocenters. The van der Waals surface area contributed by atoms with E-state index in [2.05, 4.69) is 0 Å². The first-order valence-electron chi connectivity index (χ1n) is 9.27. The zero-order chi connectivity index (χ0) is 20.7. The number of allylic oxidation sites excluding steroid dienone is 4. The molecule has 5 nitrogen and oxygen atoms in total. The van der Waals surface area contributed by atoms with Crippen LogP contribution in [0.25, 0.3) is 6.08 Å². The Morgan fingerprint density at radius 2 is 2.14 bits per heavy atom. The number of hydrogen-bond acceptors (Lipinski definition) is 5. The van der Waals surface area contributed by atoms with Crippen molar-refractivity contribution in [2.24, 2.45) is 5.92 Å². The molecule has 0 aromatic heterocycles. The third-order valence-electron chi connectivity index (χ3n) is 4.45. The van der Waals surface area contributed by atoms with Crippen LogP contribution in [0.4, 0.5) is 4.39 Å². The van der Waals surface area contributed by atoms with Crippen LogP contribution < -0.4 is 4.74 Å². The summed E-state index contributed by atoms with van der Waals surface area (Å²) in [5.74, 6) is -0.364. The van der Waals surface area contributed by atoms with E-state index < -0.39 is 17.9 Å². The van der Waals surface area contributed by atoms with Gasteiger partial charge < -0.3 is 14.6 Å². The van der Waals surface area contributed by atoms with Gasteiger partial charge in [-0.2, -0.15) is 0 Å². The fraction of sp³-hybridized carbons (Fsp3) is 0.364. The highest BCUT2D eigenvalue weighted by atomic mass is 19.1. The van der Waals surface area contributed by atoms with Crippen LogP contribution in [0.2, 0.25) is 0 Å². The summed E-state index contributed by atoms with van der Waals surface area (Å²) in [6, 6.07) is 3.10. The molecule has 1 aromatic rings. The number of aliphatic hydroxyl groups excluding tert-OH is 1. The second-order valence-electron chi connectivity index (χ2n) is 6.50. The van der Waals surface area contributed by atoms with E-state index in [-0.39, 0.29) is 18.3 Å². The standard InChI is InChI=1S/C22H25FO5/c1-4-20(23)15-6-8-18(9-7-15)28-21-11-16(22(26)27-5-2)10-14(3)19(21)12-17(25)13-24/h6,8-13,15,20,25H,4-5,7H2,1-3H3/b17-12-. The normalized spacial score (nSPS) is 17.6. The van der Waals surface area contributed by atoms with Crippen molar-refractivity contribution in [3.8, 4) is 5.75 Å². The summed E-state index contributed by atoms with van der Waals surface area (Å²) < 4.78 is 24.8. The maximum atomic E-state index is 13.8. The highest BCUT2D eigenvalue weighted by Gasteiger charge is 2.20. The highest BCUT2D eigenvalue weighted by Crippen LogP contribution is 2.31. The lowest BCUT2D eigenvalue weighted by Gasteiger charge is -2.20. The molecule has 1 aliphatic rings. The first-order valence-corrected chi connectivity index (χ1v) is 9.27. The fourth-order valence-corrected chi connectivity index (χ4v) is 2.94. The van der Waals surface area contributed by atoms with Gasteiger partial charge in [-0.25, -0.2) is 9.18 Å². The maximum Gasteiger partial charge on any atom is 0.338 e. The quantitative estimate of drug-likeness (QED) is 0.298. The van der Waals surface area contributed by atoms with Gasteiger partial charge in [-0.15, -0.1) is 0 Å². The Labute approximate surface area is 164 Å². The fourth-order valence-electron chi connectivity index (χ4n) is 2.94. The first-order chi connectivity index (χ1) is 13.4. The molecule has 0 radical (unpaired) electrons. The molecule has 2 atom stereocenters. The number of halogens is 1. The van der Waals surface area contributed by atoms with Crippen molar-refractivity contribution in [1.29, 1.82) is 0 Å². The molecule has 28 heavy (non-hydrogen) atoms. The molecule has 0 aliphatic heterocycles. The van der Waals surface area contributed by atoms with E-state index in [1.54, 1.807) is 45.1 Å². The summed E-state index contributed by atoms with van der Waals surface area (Å²) in [5, 5.41) is 9.63. The van der Waals surface area contributed by atoms with E-state index in [9.17, 15) is 19.1 Å². The van der Waals surface area contributed by atoms with Crippen molar-refractivity contribution < 1.29 is 28.6 Å². The van der Waals surface area contributed by atoms with Crippen LogP contribution in [0.3, 0.4) is 0 Å². The lowest BCUT2D eigenvalue weighted by atomic mass is 9.94. The van der Waals surface area contributed by atoms with Crippen LogP contribution in [-0.2, 0) is 9.53 Å². The minimum Gasteiger partial charge on any atom is -0.505 e. The number of rotatable bonds is 8. The molecule has 1 aliphatic carbocycles. The lowest BCUT2D eigenvalue weighted by Crippen LogP contribution is -2.15. The topological polar surface area (TPSA) is 72.8 Å². The van der Waals surface area contributed by atoms with Gasteiger partial charge in [-0.1, -0.05) is 13.0 Å². The summed E-state index contributed by atoms with van der Waals surface area (Å²) in [6.07, 6.45) is 6.87. The molecule has 0 saturated carbocycles. The third kappa shape index (κ3) is 5.31. The monoisotopic (exact) mass is 388 g/mol. The molecular formula is C22H25FO5. The van der Waals surface area contributed by atoms with Crippen LogP contribution in [-0.4, -0.2) is 30.1 Å². The van der Waals surface area contributed by atoms with Gasteiger partial charge in [-0.05, 0) is 62.6 Å². The Morgan fingerprint density at radius 1 is 1.39 bits per heavy atom. The van der Waals surface area contributed by atoms with Gasteiger partial charge in [0.1, 0.15) is 17.7 Å². The Bertz CT molecular complexity index is 822. The summed E-state index contributed by atoms with van der Waals surface area (Å²) in [4.78, 5) is 22.9. The number of carbonyl (C=O) groups excluding carboxylic acids is 2. The Balaban J connectivity index is 2.37. The number of aliphatic hydroxyl groups is 1. The smallest absolute Gasteiger partial charge is 0.338 e. The molecule has 150 valence electrons. The number of ether oxygens (including phenoxy) is 2. The van der Waals surface area contributed by atoms with Crippen molar-refractivity contribution in [3.05, 3.63) is 58.6 Å². The van der Waals surface area contributed by atoms with Gasteiger partial charge in [0.2, 0.25) is 0 Å². The van der Waals surface area contributed by atoms with Crippen molar-refractivity contribution >= 4 is 18.3 Å². The largest absolute Gasteiger partial charge is 0.505 e. The number of aryl methyl sites for hydroxylation is 1. The van der Waals surface area contributed by atoms with Crippen molar-refractivity contribution in [3.63, 3.8) is 0 Å². The number of hydrogen-bond donors (Lipinski definition) is 1. The van der Waals surface area contributed by atoms with Gasteiger partial charge in [0, 0.05) is 11.5 Å². The van der Waals surface area contributed by atoms with Gasteiger partial charge in [0.15, 0.2) is 12.0 Å². The SMILES string of the molecule is CCOC(=O)c1cc(C)c(/C=C(\O)C=O)c(OC2=CCC(C(F)CC)C=C2)c1. The van der Waals surface area contributed by atoms with E-state index in [0.717, 1.165) is 0 Å². The van der Waals surface area contributed by atoms with Crippen molar-refractivity contribution in [1.82, 2.24) is 0 Å². The van der Waals surface area contributed by atoms with Crippen LogP contribution in [0.1, 0.15) is 48.2 Å². The molecule has 0 bridgehead atoms. The van der Waals surface area contributed by atoms with Gasteiger partial charge in [0.05, 0.1) is 12.2 Å². The van der Waals surface area contributed by atoms with Crippen LogP contribution in [0.15, 0.2) is 41.9 Å². The zero-order valence-corrected chi connectivity index (χ0v) is 16.3. The van der Waals surface area contributed by atoms with Crippen molar-refractivity contribution in [2.45, 2.75) is 39.8 Å². The molecule has 0 heterocycles. The summed E-state index contributed by atoms with van der Waals surface area (Å²) in [6.45, 7) is 5.48.